The van der Waals surface area contributed by atoms with Gasteiger partial charge in [0, 0.05) is 12.0 Å². The Labute approximate surface area is 137 Å². The molecule has 4 rings (SSSR count). The number of ketones is 1. The first-order chi connectivity index (χ1) is 11.2. The monoisotopic (exact) mass is 304 g/mol. The van der Waals surface area contributed by atoms with Crippen LogP contribution in [-0.2, 0) is 0 Å². The van der Waals surface area contributed by atoms with Crippen molar-refractivity contribution < 1.29 is 4.79 Å². The molecule has 0 saturated heterocycles. The molecule has 2 atom stereocenters. The van der Waals surface area contributed by atoms with E-state index in [4.69, 9.17) is 0 Å². The summed E-state index contributed by atoms with van der Waals surface area (Å²) in [4.78, 5) is 12.6. The topological polar surface area (TPSA) is 17.1 Å². The van der Waals surface area contributed by atoms with Crippen molar-refractivity contribution in [2.24, 2.45) is 5.92 Å². The van der Waals surface area contributed by atoms with Crippen molar-refractivity contribution in [1.82, 2.24) is 0 Å². The maximum Gasteiger partial charge on any atom is 0.163 e. The fourth-order valence-electron chi connectivity index (χ4n) is 4.37. The summed E-state index contributed by atoms with van der Waals surface area (Å²) in [7, 11) is 0. The Morgan fingerprint density at radius 1 is 1.04 bits per heavy atom. The van der Waals surface area contributed by atoms with E-state index in [2.05, 4.69) is 50.3 Å². The molecule has 23 heavy (non-hydrogen) atoms. The zero-order chi connectivity index (χ0) is 16.0. The highest BCUT2D eigenvalue weighted by Gasteiger charge is 2.26. The lowest BCUT2D eigenvalue weighted by atomic mass is 9.78. The second kappa shape index (κ2) is 5.63. The van der Waals surface area contributed by atoms with Crippen LogP contribution in [-0.4, -0.2) is 5.78 Å². The molecule has 0 N–H and O–H groups in total. The highest BCUT2D eigenvalue weighted by Crippen LogP contribution is 2.36. The third kappa shape index (κ3) is 2.25. The molecule has 2 aliphatic carbocycles. The number of rotatable bonds is 2. The number of carbonyl (C=O) groups excluding carboxylic acids is 1. The van der Waals surface area contributed by atoms with Crippen molar-refractivity contribution in [1.29, 1.82) is 0 Å². The van der Waals surface area contributed by atoms with Gasteiger partial charge in [-0.25, -0.2) is 0 Å². The van der Waals surface area contributed by atoms with Gasteiger partial charge >= 0.3 is 0 Å². The lowest BCUT2D eigenvalue weighted by Crippen LogP contribution is -2.30. The van der Waals surface area contributed by atoms with Gasteiger partial charge in [-0.05, 0) is 64.3 Å². The molecule has 1 nitrogen and oxygen atoms in total. The summed E-state index contributed by atoms with van der Waals surface area (Å²) in [6.45, 7) is 4.48. The lowest BCUT2D eigenvalue weighted by molar-refractivity contribution is 0.0968. The normalized spacial score (nSPS) is 23.0. The van der Waals surface area contributed by atoms with Crippen molar-refractivity contribution in [2.45, 2.75) is 51.9 Å². The predicted molar refractivity (Wildman–Crippen MR) is 97.1 cm³/mol. The van der Waals surface area contributed by atoms with E-state index in [0.29, 0.717) is 24.0 Å². The molecule has 2 aromatic carbocycles. The van der Waals surface area contributed by atoms with Crippen molar-refractivity contribution in [3.8, 4) is 0 Å². The Hall–Kier alpha value is -1.89. The van der Waals surface area contributed by atoms with Crippen molar-refractivity contribution in [3.05, 3.63) is 45.8 Å². The minimum atomic E-state index is 0.335. The molecule has 2 aliphatic rings. The molecule has 2 unspecified atom stereocenters. The van der Waals surface area contributed by atoms with Crippen molar-refractivity contribution in [2.75, 3.05) is 0 Å². The Kier molecular flexibility index (Phi) is 3.60. The zero-order valence-corrected chi connectivity index (χ0v) is 14.1. The molecule has 0 aliphatic heterocycles. The van der Waals surface area contributed by atoms with E-state index in [-0.39, 0.29) is 0 Å². The van der Waals surface area contributed by atoms with E-state index < -0.39 is 0 Å². The van der Waals surface area contributed by atoms with Gasteiger partial charge in [-0.15, -0.1) is 0 Å². The van der Waals surface area contributed by atoms with Gasteiger partial charge in [0.05, 0.1) is 0 Å². The molecule has 0 spiro atoms. The van der Waals surface area contributed by atoms with Crippen LogP contribution in [0.2, 0.25) is 0 Å². The third-order valence-electron chi connectivity index (χ3n) is 5.80. The smallest absolute Gasteiger partial charge is 0.163 e. The SMILES string of the molecule is CCC1C=c2ccc3c4c(ccc3c2=CC1)C(CC)CCC4=O. The number of Topliss-reactive ketones (excluding diaryl/α,β-unsaturated/α-hetero) is 1. The van der Waals surface area contributed by atoms with Gasteiger partial charge in [-0.2, -0.15) is 0 Å². The van der Waals surface area contributed by atoms with Crippen LogP contribution in [0.4, 0.5) is 0 Å². The molecule has 0 fully saturated rings. The molecule has 0 saturated carbocycles. The van der Waals surface area contributed by atoms with Gasteiger partial charge in [0.25, 0.3) is 0 Å². The van der Waals surface area contributed by atoms with E-state index in [9.17, 15) is 4.79 Å². The average Bonchev–Trinajstić information content (AvgIpc) is 2.60. The maximum absolute atomic E-state index is 12.6. The van der Waals surface area contributed by atoms with Crippen LogP contribution in [0.15, 0.2) is 24.3 Å². The minimum Gasteiger partial charge on any atom is -0.294 e. The number of hydrogen-bond acceptors (Lipinski definition) is 1. The fourth-order valence-corrected chi connectivity index (χ4v) is 4.37. The van der Waals surface area contributed by atoms with Gasteiger partial charge < -0.3 is 0 Å². The Morgan fingerprint density at radius 2 is 1.87 bits per heavy atom. The fraction of sp³-hybridized carbons (Fsp3) is 0.409. The first kappa shape index (κ1) is 14.7. The molecule has 0 amide bonds. The van der Waals surface area contributed by atoms with E-state index in [1.807, 2.05) is 0 Å². The van der Waals surface area contributed by atoms with Crippen LogP contribution in [0.5, 0.6) is 0 Å². The highest BCUT2D eigenvalue weighted by molar-refractivity contribution is 6.10. The first-order valence-corrected chi connectivity index (χ1v) is 9.03. The number of hydrogen-bond donors (Lipinski definition) is 0. The average molecular weight is 304 g/mol. The van der Waals surface area contributed by atoms with E-state index in [0.717, 1.165) is 24.8 Å². The van der Waals surface area contributed by atoms with E-state index >= 15 is 0 Å². The van der Waals surface area contributed by atoms with E-state index in [1.54, 1.807) is 0 Å². The van der Waals surface area contributed by atoms with Crippen LogP contribution in [0.3, 0.4) is 0 Å². The van der Waals surface area contributed by atoms with Gasteiger partial charge in [-0.1, -0.05) is 50.3 Å². The molecule has 2 aromatic rings. The summed E-state index contributed by atoms with van der Waals surface area (Å²) in [6.07, 6.45) is 9.93. The zero-order valence-electron chi connectivity index (χ0n) is 14.1. The van der Waals surface area contributed by atoms with Crippen molar-refractivity contribution in [3.63, 3.8) is 0 Å². The van der Waals surface area contributed by atoms with Crippen LogP contribution in [0, 0.1) is 5.92 Å². The van der Waals surface area contributed by atoms with Gasteiger partial charge in [-0.3, -0.25) is 4.79 Å². The maximum atomic E-state index is 12.6. The summed E-state index contributed by atoms with van der Waals surface area (Å²) >= 11 is 0. The molecule has 0 heterocycles. The standard InChI is InChI=1S/C22H24O/c1-3-14-5-8-17-16(13-14)6-9-20-19(17)11-10-18-15(4-2)7-12-21(23)22(18)20/h6,8-11,13-15H,3-5,7,12H2,1-2H3. The Balaban J connectivity index is 2.03. The Morgan fingerprint density at radius 3 is 2.65 bits per heavy atom. The predicted octanol–water partition coefficient (Wildman–Crippen LogP) is 4.30. The second-order valence-electron chi connectivity index (χ2n) is 7.04. The Bertz CT molecular complexity index is 904. The lowest BCUT2D eigenvalue weighted by Gasteiger charge is -2.25. The summed E-state index contributed by atoms with van der Waals surface area (Å²) in [5, 5.41) is 5.11. The van der Waals surface area contributed by atoms with Crippen LogP contribution >= 0.6 is 0 Å². The van der Waals surface area contributed by atoms with Crippen LogP contribution < -0.4 is 10.4 Å². The summed E-state index contributed by atoms with van der Waals surface area (Å²) in [5.74, 6) is 1.54. The molecule has 0 bridgehead atoms. The third-order valence-corrected chi connectivity index (χ3v) is 5.80. The summed E-state index contributed by atoms with van der Waals surface area (Å²) in [6, 6.07) is 8.89. The molecular weight excluding hydrogens is 280 g/mol. The van der Waals surface area contributed by atoms with Gasteiger partial charge in [0.2, 0.25) is 0 Å². The van der Waals surface area contributed by atoms with E-state index in [1.165, 1.54) is 33.2 Å². The molecular formula is C22H24O. The molecule has 0 aromatic heterocycles. The summed E-state index contributed by atoms with van der Waals surface area (Å²) < 4.78 is 0. The minimum absolute atomic E-state index is 0.335. The van der Waals surface area contributed by atoms with Crippen molar-refractivity contribution >= 4 is 28.7 Å². The molecule has 1 heteroatoms. The van der Waals surface area contributed by atoms with Gasteiger partial charge in [0.1, 0.15) is 0 Å². The number of fused-ring (bicyclic) bond motifs is 5. The molecule has 0 radical (unpaired) electrons. The van der Waals surface area contributed by atoms with Crippen LogP contribution in [0.1, 0.15) is 67.8 Å². The quantitative estimate of drug-likeness (QED) is 0.808. The summed E-state index contributed by atoms with van der Waals surface area (Å²) in [5.41, 5.74) is 2.29. The first-order valence-electron chi connectivity index (χ1n) is 9.03. The second-order valence-corrected chi connectivity index (χ2v) is 7.04. The van der Waals surface area contributed by atoms with Crippen LogP contribution in [0.25, 0.3) is 22.9 Å². The largest absolute Gasteiger partial charge is 0.294 e. The van der Waals surface area contributed by atoms with Gasteiger partial charge in [0.15, 0.2) is 5.78 Å². The number of carbonyl (C=O) groups is 1. The number of benzene rings is 2. The highest BCUT2D eigenvalue weighted by atomic mass is 16.1. The molecule has 118 valence electrons.